The highest BCUT2D eigenvalue weighted by molar-refractivity contribution is 5.54. The zero-order valence-electron chi connectivity index (χ0n) is 10.8. The van der Waals surface area contributed by atoms with Gasteiger partial charge in [-0.25, -0.2) is 4.39 Å². The number of nitrogens with one attached hydrogen (secondary N) is 1. The Bertz CT molecular complexity index is 576. The van der Waals surface area contributed by atoms with Gasteiger partial charge in [-0.3, -0.25) is 0 Å². The van der Waals surface area contributed by atoms with Crippen molar-refractivity contribution in [3.63, 3.8) is 0 Å². The summed E-state index contributed by atoms with van der Waals surface area (Å²) in [5.74, 6) is 0.709. The first kappa shape index (κ1) is 12.3. The summed E-state index contributed by atoms with van der Waals surface area (Å²) in [6.45, 7) is 3.02. The molecule has 5 heteroatoms. The van der Waals surface area contributed by atoms with Crippen molar-refractivity contribution >= 4 is 0 Å². The van der Waals surface area contributed by atoms with Crippen LogP contribution in [0.1, 0.15) is 32.1 Å². The van der Waals surface area contributed by atoms with E-state index in [-0.39, 0.29) is 11.4 Å². The van der Waals surface area contributed by atoms with Crippen molar-refractivity contribution in [1.82, 2.24) is 15.5 Å². The van der Waals surface area contributed by atoms with Gasteiger partial charge in [-0.05, 0) is 44.9 Å². The minimum atomic E-state index is -0.300. The molecule has 1 unspecified atom stereocenters. The van der Waals surface area contributed by atoms with Crippen LogP contribution < -0.4 is 5.32 Å². The summed E-state index contributed by atoms with van der Waals surface area (Å²) in [5.41, 5.74) is 0.367. The Morgan fingerprint density at radius 3 is 3.00 bits per heavy atom. The molecule has 19 heavy (non-hydrogen) atoms. The van der Waals surface area contributed by atoms with E-state index in [0.717, 1.165) is 19.4 Å². The number of hydrogen-bond donors (Lipinski definition) is 1. The Balaban J connectivity index is 1.91. The lowest BCUT2D eigenvalue weighted by molar-refractivity contribution is 0.207. The number of halogens is 1. The van der Waals surface area contributed by atoms with Crippen molar-refractivity contribution in [2.75, 3.05) is 6.54 Å². The second-order valence-corrected chi connectivity index (χ2v) is 5.15. The molecule has 0 radical (unpaired) electrons. The van der Waals surface area contributed by atoms with Gasteiger partial charge in [0.2, 0.25) is 11.7 Å². The molecule has 1 atom stereocenters. The fourth-order valence-electron chi connectivity index (χ4n) is 2.43. The van der Waals surface area contributed by atoms with E-state index >= 15 is 0 Å². The van der Waals surface area contributed by atoms with E-state index in [9.17, 15) is 4.39 Å². The fraction of sp³-hybridized carbons (Fsp3) is 0.429. The number of nitrogens with zero attached hydrogens (tertiary/aromatic N) is 2. The first-order valence-electron chi connectivity index (χ1n) is 6.52. The van der Waals surface area contributed by atoms with Gasteiger partial charge in [-0.2, -0.15) is 4.98 Å². The van der Waals surface area contributed by atoms with Crippen LogP contribution >= 0.6 is 0 Å². The van der Waals surface area contributed by atoms with E-state index in [4.69, 9.17) is 4.52 Å². The van der Waals surface area contributed by atoms with Crippen LogP contribution in [-0.4, -0.2) is 16.7 Å². The average molecular weight is 261 g/mol. The van der Waals surface area contributed by atoms with E-state index in [1.807, 2.05) is 0 Å². The highest BCUT2D eigenvalue weighted by Gasteiger charge is 2.34. The van der Waals surface area contributed by atoms with Crippen LogP contribution in [0.2, 0.25) is 0 Å². The molecule has 0 amide bonds. The molecule has 0 saturated carbocycles. The monoisotopic (exact) mass is 261 g/mol. The maximum Gasteiger partial charge on any atom is 0.246 e. The van der Waals surface area contributed by atoms with Crippen molar-refractivity contribution < 1.29 is 8.91 Å². The van der Waals surface area contributed by atoms with Crippen LogP contribution in [0.15, 0.2) is 28.8 Å². The Morgan fingerprint density at radius 1 is 1.37 bits per heavy atom. The molecule has 1 N–H and O–H groups in total. The molecular formula is C14H16FN3O. The standard InChI is InChI=1S/C14H16FN3O/c1-14(7-2-3-8-16-14)13-17-12(18-19-13)10-5-4-6-11(15)9-10/h4-6,9,16H,2-3,7-8H2,1H3. The van der Waals surface area contributed by atoms with Crippen molar-refractivity contribution in [3.05, 3.63) is 36.0 Å². The largest absolute Gasteiger partial charge is 0.337 e. The first-order valence-corrected chi connectivity index (χ1v) is 6.52. The molecule has 3 rings (SSSR count). The number of piperidine rings is 1. The topological polar surface area (TPSA) is 51.0 Å². The highest BCUT2D eigenvalue weighted by atomic mass is 19.1. The van der Waals surface area contributed by atoms with Crippen molar-refractivity contribution in [3.8, 4) is 11.4 Å². The quantitative estimate of drug-likeness (QED) is 0.903. The lowest BCUT2D eigenvalue weighted by Crippen LogP contribution is -2.43. The predicted molar refractivity (Wildman–Crippen MR) is 68.9 cm³/mol. The van der Waals surface area contributed by atoms with E-state index < -0.39 is 0 Å². The van der Waals surface area contributed by atoms with Crippen LogP contribution in [0.5, 0.6) is 0 Å². The minimum Gasteiger partial charge on any atom is -0.337 e. The van der Waals surface area contributed by atoms with E-state index in [1.54, 1.807) is 12.1 Å². The smallest absolute Gasteiger partial charge is 0.246 e. The number of hydrogen-bond acceptors (Lipinski definition) is 4. The maximum atomic E-state index is 13.2. The second kappa shape index (κ2) is 4.74. The van der Waals surface area contributed by atoms with E-state index in [2.05, 4.69) is 22.4 Å². The van der Waals surface area contributed by atoms with E-state index in [1.165, 1.54) is 18.6 Å². The third-order valence-electron chi connectivity index (χ3n) is 3.60. The second-order valence-electron chi connectivity index (χ2n) is 5.15. The van der Waals surface area contributed by atoms with E-state index in [0.29, 0.717) is 17.3 Å². The predicted octanol–water partition coefficient (Wildman–Crippen LogP) is 2.86. The summed E-state index contributed by atoms with van der Waals surface area (Å²) >= 11 is 0. The zero-order valence-corrected chi connectivity index (χ0v) is 10.8. The summed E-state index contributed by atoms with van der Waals surface area (Å²) in [6.07, 6.45) is 3.28. The summed E-state index contributed by atoms with van der Waals surface area (Å²) in [5, 5.41) is 7.37. The highest BCUT2D eigenvalue weighted by Crippen LogP contribution is 2.30. The summed E-state index contributed by atoms with van der Waals surface area (Å²) in [6, 6.07) is 6.22. The number of benzene rings is 1. The van der Waals surface area contributed by atoms with Gasteiger partial charge < -0.3 is 9.84 Å². The van der Waals surface area contributed by atoms with Crippen LogP contribution in [0.3, 0.4) is 0 Å². The van der Waals surface area contributed by atoms with Gasteiger partial charge in [0.15, 0.2) is 0 Å². The van der Waals surface area contributed by atoms with Crippen molar-refractivity contribution in [2.24, 2.45) is 0 Å². The van der Waals surface area contributed by atoms with Gasteiger partial charge in [0, 0.05) is 5.56 Å². The molecular weight excluding hydrogens is 245 g/mol. The average Bonchev–Trinajstić information content (AvgIpc) is 2.90. The molecule has 1 aromatic carbocycles. The van der Waals surface area contributed by atoms with Crippen molar-refractivity contribution in [2.45, 2.75) is 31.7 Å². The van der Waals surface area contributed by atoms with Crippen LogP contribution in [0.4, 0.5) is 4.39 Å². The van der Waals surface area contributed by atoms with Crippen molar-refractivity contribution in [1.29, 1.82) is 0 Å². The third-order valence-corrected chi connectivity index (χ3v) is 3.60. The Hall–Kier alpha value is -1.75. The molecule has 1 fully saturated rings. The zero-order chi connectivity index (χ0) is 13.3. The molecule has 0 bridgehead atoms. The molecule has 1 aliphatic heterocycles. The molecule has 0 spiro atoms. The molecule has 4 nitrogen and oxygen atoms in total. The van der Waals surface area contributed by atoms with Gasteiger partial charge in [0.25, 0.3) is 0 Å². The van der Waals surface area contributed by atoms with Gasteiger partial charge in [-0.1, -0.05) is 17.3 Å². The fourth-order valence-corrected chi connectivity index (χ4v) is 2.43. The number of rotatable bonds is 2. The summed E-state index contributed by atoms with van der Waals surface area (Å²) in [4.78, 5) is 4.41. The van der Waals surface area contributed by atoms with Gasteiger partial charge in [0.05, 0.1) is 5.54 Å². The lowest BCUT2D eigenvalue weighted by Gasteiger charge is -2.31. The maximum absolute atomic E-state index is 13.2. The molecule has 0 aliphatic carbocycles. The van der Waals surface area contributed by atoms with Crippen LogP contribution in [0, 0.1) is 5.82 Å². The van der Waals surface area contributed by atoms with Gasteiger partial charge in [0.1, 0.15) is 5.82 Å². The Kier molecular flexibility index (Phi) is 3.06. The molecule has 100 valence electrons. The summed E-state index contributed by atoms with van der Waals surface area (Å²) < 4.78 is 18.5. The molecule has 2 heterocycles. The number of aromatic nitrogens is 2. The minimum absolute atomic E-state index is 0.267. The Labute approximate surface area is 111 Å². The van der Waals surface area contributed by atoms with Crippen LogP contribution in [0.25, 0.3) is 11.4 Å². The van der Waals surface area contributed by atoms with Crippen LogP contribution in [-0.2, 0) is 5.54 Å². The molecule has 1 saturated heterocycles. The van der Waals surface area contributed by atoms with Gasteiger partial charge in [-0.15, -0.1) is 0 Å². The first-order chi connectivity index (χ1) is 9.17. The SMILES string of the molecule is CC1(c2nc(-c3cccc(F)c3)no2)CCCCN1. The normalized spacial score (nSPS) is 23.5. The third kappa shape index (κ3) is 2.38. The Morgan fingerprint density at radius 2 is 2.26 bits per heavy atom. The molecule has 1 aliphatic rings. The summed E-state index contributed by atoms with van der Waals surface area (Å²) in [7, 11) is 0. The molecule has 2 aromatic rings. The lowest BCUT2D eigenvalue weighted by atomic mass is 9.91. The van der Waals surface area contributed by atoms with Gasteiger partial charge >= 0.3 is 0 Å². The molecule has 1 aromatic heterocycles.